The SMILES string of the molecule is CCNc1nccc(Sc2nc(C)co2)n1. The van der Waals surface area contributed by atoms with Crippen LogP contribution in [0.15, 0.2) is 33.2 Å². The van der Waals surface area contributed by atoms with Crippen molar-refractivity contribution in [3.05, 3.63) is 24.2 Å². The minimum Gasteiger partial charge on any atom is -0.439 e. The van der Waals surface area contributed by atoms with Crippen molar-refractivity contribution >= 4 is 17.7 Å². The lowest BCUT2D eigenvalue weighted by molar-refractivity contribution is 0.454. The Balaban J connectivity index is 2.12. The molecule has 0 unspecified atom stereocenters. The molecule has 0 fully saturated rings. The van der Waals surface area contributed by atoms with Crippen LogP contribution >= 0.6 is 11.8 Å². The van der Waals surface area contributed by atoms with Gasteiger partial charge in [-0.3, -0.25) is 0 Å². The van der Waals surface area contributed by atoms with Crippen molar-refractivity contribution in [1.82, 2.24) is 15.0 Å². The Kier molecular flexibility index (Phi) is 3.40. The van der Waals surface area contributed by atoms with Crippen molar-refractivity contribution in [2.45, 2.75) is 24.1 Å². The molecule has 0 spiro atoms. The van der Waals surface area contributed by atoms with Crippen LogP contribution in [0, 0.1) is 6.92 Å². The average Bonchev–Trinajstić information content (AvgIpc) is 2.65. The van der Waals surface area contributed by atoms with Crippen LogP contribution in [0.5, 0.6) is 0 Å². The summed E-state index contributed by atoms with van der Waals surface area (Å²) in [6, 6.07) is 1.82. The number of aromatic nitrogens is 3. The van der Waals surface area contributed by atoms with Gasteiger partial charge in [0, 0.05) is 12.7 Å². The van der Waals surface area contributed by atoms with Crippen LogP contribution in [-0.4, -0.2) is 21.5 Å². The molecule has 84 valence electrons. The van der Waals surface area contributed by atoms with Crippen LogP contribution in [0.25, 0.3) is 0 Å². The highest BCUT2D eigenvalue weighted by molar-refractivity contribution is 7.99. The van der Waals surface area contributed by atoms with Gasteiger partial charge in [-0.25, -0.2) is 15.0 Å². The first kappa shape index (κ1) is 10.9. The lowest BCUT2D eigenvalue weighted by Gasteiger charge is -2.01. The molecule has 6 heteroatoms. The van der Waals surface area contributed by atoms with Gasteiger partial charge in [0.15, 0.2) is 0 Å². The summed E-state index contributed by atoms with van der Waals surface area (Å²) in [5, 5.41) is 4.46. The molecule has 0 saturated heterocycles. The molecule has 0 amide bonds. The molecule has 0 radical (unpaired) electrons. The van der Waals surface area contributed by atoms with Crippen LogP contribution in [-0.2, 0) is 0 Å². The van der Waals surface area contributed by atoms with Crippen LogP contribution in [0.4, 0.5) is 5.95 Å². The van der Waals surface area contributed by atoms with E-state index in [9.17, 15) is 0 Å². The average molecular weight is 236 g/mol. The summed E-state index contributed by atoms with van der Waals surface area (Å²) in [4.78, 5) is 12.6. The van der Waals surface area contributed by atoms with Gasteiger partial charge in [-0.05, 0) is 31.7 Å². The molecule has 0 atom stereocenters. The van der Waals surface area contributed by atoms with Gasteiger partial charge in [-0.15, -0.1) is 0 Å². The second kappa shape index (κ2) is 4.98. The summed E-state index contributed by atoms with van der Waals surface area (Å²) in [7, 11) is 0. The molecule has 0 aliphatic heterocycles. The molecule has 2 heterocycles. The van der Waals surface area contributed by atoms with E-state index in [1.54, 1.807) is 12.5 Å². The first-order valence-corrected chi connectivity index (χ1v) is 5.76. The van der Waals surface area contributed by atoms with Crippen LogP contribution in [0.2, 0.25) is 0 Å². The van der Waals surface area contributed by atoms with Gasteiger partial charge in [0.2, 0.25) is 5.95 Å². The number of rotatable bonds is 4. The van der Waals surface area contributed by atoms with Crippen molar-refractivity contribution in [3.8, 4) is 0 Å². The van der Waals surface area contributed by atoms with Crippen LogP contribution in [0.1, 0.15) is 12.6 Å². The Morgan fingerprint density at radius 2 is 2.31 bits per heavy atom. The Labute approximate surface area is 97.7 Å². The maximum atomic E-state index is 5.24. The predicted octanol–water partition coefficient (Wildman–Crippen LogP) is 2.36. The number of nitrogens with one attached hydrogen (secondary N) is 1. The third-order valence-electron chi connectivity index (χ3n) is 1.75. The molecule has 2 aromatic rings. The Hall–Kier alpha value is -1.56. The zero-order valence-electron chi connectivity index (χ0n) is 9.10. The molecule has 1 N–H and O–H groups in total. The molecule has 0 bridgehead atoms. The minimum atomic E-state index is 0.596. The van der Waals surface area contributed by atoms with Gasteiger partial charge in [0.1, 0.15) is 11.3 Å². The van der Waals surface area contributed by atoms with E-state index in [4.69, 9.17) is 4.42 Å². The van der Waals surface area contributed by atoms with Crippen LogP contribution < -0.4 is 5.32 Å². The smallest absolute Gasteiger partial charge is 0.262 e. The fourth-order valence-corrected chi connectivity index (χ4v) is 1.84. The lowest BCUT2D eigenvalue weighted by atomic mass is 10.6. The van der Waals surface area contributed by atoms with Gasteiger partial charge >= 0.3 is 0 Å². The quantitative estimate of drug-likeness (QED) is 0.822. The van der Waals surface area contributed by atoms with Gasteiger partial charge in [0.25, 0.3) is 5.22 Å². The van der Waals surface area contributed by atoms with Crippen LogP contribution in [0.3, 0.4) is 0 Å². The molecule has 16 heavy (non-hydrogen) atoms. The number of anilines is 1. The fraction of sp³-hybridized carbons (Fsp3) is 0.300. The molecule has 0 aromatic carbocycles. The molecule has 0 saturated carbocycles. The van der Waals surface area contributed by atoms with Crippen molar-refractivity contribution in [2.75, 3.05) is 11.9 Å². The number of aryl methyl sites for hydroxylation is 1. The summed E-state index contributed by atoms with van der Waals surface area (Å²) in [6.45, 7) is 4.68. The van der Waals surface area contributed by atoms with Gasteiger partial charge in [-0.1, -0.05) is 0 Å². The zero-order valence-corrected chi connectivity index (χ0v) is 9.91. The van der Waals surface area contributed by atoms with E-state index >= 15 is 0 Å². The number of nitrogens with zero attached hydrogens (tertiary/aromatic N) is 3. The first-order chi connectivity index (χ1) is 7.78. The second-order valence-corrected chi connectivity index (χ2v) is 4.08. The largest absolute Gasteiger partial charge is 0.439 e. The molecule has 5 nitrogen and oxygen atoms in total. The Bertz CT molecular complexity index is 471. The summed E-state index contributed by atoms with van der Waals surface area (Å²) in [6.07, 6.45) is 3.33. The first-order valence-electron chi connectivity index (χ1n) is 4.95. The van der Waals surface area contributed by atoms with E-state index in [2.05, 4.69) is 20.3 Å². The van der Waals surface area contributed by atoms with E-state index < -0.39 is 0 Å². The zero-order chi connectivity index (χ0) is 11.4. The topological polar surface area (TPSA) is 63.8 Å². The fourth-order valence-electron chi connectivity index (χ4n) is 1.11. The van der Waals surface area contributed by atoms with Gasteiger partial charge < -0.3 is 9.73 Å². The maximum absolute atomic E-state index is 5.24. The molecule has 0 aliphatic rings. The third kappa shape index (κ3) is 2.73. The highest BCUT2D eigenvalue weighted by atomic mass is 32.2. The molecule has 2 rings (SSSR count). The van der Waals surface area contributed by atoms with E-state index in [0.29, 0.717) is 11.2 Å². The van der Waals surface area contributed by atoms with Gasteiger partial charge in [0.05, 0.1) is 5.69 Å². The van der Waals surface area contributed by atoms with Gasteiger partial charge in [-0.2, -0.15) is 0 Å². The normalized spacial score (nSPS) is 10.4. The van der Waals surface area contributed by atoms with E-state index in [1.165, 1.54) is 11.8 Å². The third-order valence-corrected chi connectivity index (χ3v) is 2.55. The molecule has 0 aliphatic carbocycles. The van der Waals surface area contributed by atoms with Crippen molar-refractivity contribution in [2.24, 2.45) is 0 Å². The highest BCUT2D eigenvalue weighted by Gasteiger charge is 2.05. The molecular weight excluding hydrogens is 224 g/mol. The molecular formula is C10H12N4OS. The summed E-state index contributed by atoms with van der Waals surface area (Å²) < 4.78 is 5.24. The Morgan fingerprint density at radius 1 is 1.44 bits per heavy atom. The minimum absolute atomic E-state index is 0.596. The van der Waals surface area contributed by atoms with Crippen molar-refractivity contribution < 1.29 is 4.42 Å². The monoisotopic (exact) mass is 236 g/mol. The summed E-state index contributed by atoms with van der Waals surface area (Å²) in [5.74, 6) is 0.621. The van der Waals surface area contributed by atoms with Crippen molar-refractivity contribution in [3.63, 3.8) is 0 Å². The predicted molar refractivity (Wildman–Crippen MR) is 61.6 cm³/mol. The maximum Gasteiger partial charge on any atom is 0.262 e. The van der Waals surface area contributed by atoms with Crippen molar-refractivity contribution in [1.29, 1.82) is 0 Å². The molecule has 2 aromatic heterocycles. The second-order valence-electron chi connectivity index (χ2n) is 3.11. The van der Waals surface area contributed by atoms with E-state index in [0.717, 1.165) is 17.3 Å². The van der Waals surface area contributed by atoms with E-state index in [-0.39, 0.29) is 0 Å². The van der Waals surface area contributed by atoms with E-state index in [1.807, 2.05) is 19.9 Å². The highest BCUT2D eigenvalue weighted by Crippen LogP contribution is 2.25. The number of hydrogen-bond acceptors (Lipinski definition) is 6. The number of oxazole rings is 1. The summed E-state index contributed by atoms with van der Waals surface area (Å²) in [5.41, 5.74) is 0.864. The summed E-state index contributed by atoms with van der Waals surface area (Å²) >= 11 is 1.38. The number of hydrogen-bond donors (Lipinski definition) is 1. The lowest BCUT2D eigenvalue weighted by Crippen LogP contribution is -2.01. The standard InChI is InChI=1S/C10H12N4OS/c1-3-11-9-12-5-4-8(14-9)16-10-13-7(2)6-15-10/h4-6H,3H2,1-2H3,(H,11,12,14). The Morgan fingerprint density at radius 3 is 3.00 bits per heavy atom.